The molecule has 0 spiro atoms. The maximum absolute atomic E-state index is 13.8. The molecule has 0 saturated heterocycles. The molecule has 0 aromatic heterocycles. The number of carbonyl (C=O) groups excluding carboxylic acids is 2. The number of benzene rings is 2. The van der Waals surface area contributed by atoms with Crippen LogP contribution in [0.3, 0.4) is 0 Å². The quantitative estimate of drug-likeness (QED) is 0.451. The molecule has 0 aliphatic heterocycles. The lowest BCUT2D eigenvalue weighted by Crippen LogP contribution is -2.53. The molecule has 7 nitrogen and oxygen atoms in total. The number of halogens is 2. The number of rotatable bonds is 10. The van der Waals surface area contributed by atoms with Crippen molar-refractivity contribution >= 4 is 50.7 Å². The lowest BCUT2D eigenvalue weighted by Gasteiger charge is -2.34. The summed E-state index contributed by atoms with van der Waals surface area (Å²) in [5.74, 6) is -0.743. The van der Waals surface area contributed by atoms with Gasteiger partial charge in [0.25, 0.3) is 0 Å². The van der Waals surface area contributed by atoms with E-state index in [1.54, 1.807) is 49.4 Å². The van der Waals surface area contributed by atoms with Gasteiger partial charge >= 0.3 is 0 Å². The molecule has 0 heterocycles. The van der Waals surface area contributed by atoms with Gasteiger partial charge in [-0.15, -0.1) is 0 Å². The Bertz CT molecular complexity index is 1200. The van der Waals surface area contributed by atoms with E-state index in [-0.39, 0.29) is 18.5 Å². The minimum atomic E-state index is -3.79. The van der Waals surface area contributed by atoms with Crippen molar-refractivity contribution in [2.24, 2.45) is 0 Å². The maximum Gasteiger partial charge on any atom is 0.244 e. The van der Waals surface area contributed by atoms with Crippen LogP contribution in [-0.2, 0) is 26.2 Å². The fourth-order valence-electron chi connectivity index (χ4n) is 4.56. The molecule has 10 heteroatoms. The zero-order chi connectivity index (χ0) is 26.5. The van der Waals surface area contributed by atoms with E-state index < -0.39 is 28.5 Å². The Morgan fingerprint density at radius 3 is 2.36 bits per heavy atom. The van der Waals surface area contributed by atoms with Crippen LogP contribution in [0.2, 0.25) is 10.0 Å². The van der Waals surface area contributed by atoms with Crippen LogP contribution in [0.15, 0.2) is 42.5 Å². The average molecular weight is 555 g/mol. The highest BCUT2D eigenvalue weighted by Gasteiger charge is 2.33. The van der Waals surface area contributed by atoms with Gasteiger partial charge in [0.05, 0.1) is 11.9 Å². The maximum atomic E-state index is 13.8. The van der Waals surface area contributed by atoms with Crippen molar-refractivity contribution in [3.8, 4) is 0 Å². The molecule has 2 aromatic carbocycles. The second-order valence-electron chi connectivity index (χ2n) is 9.23. The Hall–Kier alpha value is -2.29. The van der Waals surface area contributed by atoms with Crippen molar-refractivity contribution in [3.05, 3.63) is 63.6 Å². The van der Waals surface area contributed by atoms with Crippen LogP contribution in [0.4, 0.5) is 5.69 Å². The molecule has 3 rings (SSSR count). The van der Waals surface area contributed by atoms with Crippen LogP contribution in [0.5, 0.6) is 0 Å². The first-order valence-corrected chi connectivity index (χ1v) is 14.7. The van der Waals surface area contributed by atoms with Gasteiger partial charge in [0.1, 0.15) is 12.6 Å². The molecule has 1 aliphatic rings. The molecule has 196 valence electrons. The van der Waals surface area contributed by atoms with Crippen LogP contribution in [-0.4, -0.2) is 50.0 Å². The van der Waals surface area contributed by atoms with E-state index in [9.17, 15) is 18.0 Å². The number of hydrogen-bond acceptors (Lipinski definition) is 4. The molecule has 1 N–H and O–H groups in total. The van der Waals surface area contributed by atoms with Crippen LogP contribution < -0.4 is 9.62 Å². The molecule has 36 heavy (non-hydrogen) atoms. The van der Waals surface area contributed by atoms with Crippen LogP contribution in [0, 0.1) is 6.92 Å². The highest BCUT2D eigenvalue weighted by atomic mass is 35.5. The highest BCUT2D eigenvalue weighted by Crippen LogP contribution is 2.26. The molecule has 2 aromatic rings. The number of para-hydroxylation sites is 1. The van der Waals surface area contributed by atoms with Crippen molar-refractivity contribution in [2.45, 2.75) is 64.6 Å². The summed E-state index contributed by atoms with van der Waals surface area (Å²) >= 11 is 12.5. The molecule has 0 bridgehead atoms. The van der Waals surface area contributed by atoms with Gasteiger partial charge in [-0.3, -0.25) is 13.9 Å². The molecule has 1 fully saturated rings. The second kappa shape index (κ2) is 12.3. The number of nitrogens with zero attached hydrogens (tertiary/aromatic N) is 2. The van der Waals surface area contributed by atoms with Crippen molar-refractivity contribution in [1.82, 2.24) is 10.2 Å². The molecular weight excluding hydrogens is 521 g/mol. The monoisotopic (exact) mass is 553 g/mol. The first-order chi connectivity index (χ1) is 17.0. The lowest BCUT2D eigenvalue weighted by molar-refractivity contribution is -0.140. The first-order valence-electron chi connectivity index (χ1n) is 12.1. The number of nitrogens with one attached hydrogen (secondary N) is 1. The van der Waals surface area contributed by atoms with Crippen LogP contribution in [0.25, 0.3) is 0 Å². The Morgan fingerprint density at radius 1 is 1.11 bits per heavy atom. The minimum Gasteiger partial charge on any atom is -0.352 e. The van der Waals surface area contributed by atoms with Crippen LogP contribution >= 0.6 is 23.2 Å². The number of anilines is 1. The fourth-order valence-corrected chi connectivity index (χ4v) is 5.93. The Kier molecular flexibility index (Phi) is 9.66. The summed E-state index contributed by atoms with van der Waals surface area (Å²) < 4.78 is 26.6. The van der Waals surface area contributed by atoms with Crippen LogP contribution in [0.1, 0.15) is 50.2 Å². The standard InChI is InChI=1S/C26H33Cl2N3O4S/c1-4-23(26(33)29-21-10-6-7-11-21)30(16-19-13-14-20(27)15-22(19)28)25(32)17-31(36(3,34)35)24-12-8-5-9-18(24)2/h5,8-9,12-15,21,23H,4,6-7,10-11,16-17H2,1-3H3,(H,29,33)/t23-/m1/s1. The topological polar surface area (TPSA) is 86.8 Å². The van der Waals surface area contributed by atoms with Gasteiger partial charge in [0.2, 0.25) is 21.8 Å². The second-order valence-corrected chi connectivity index (χ2v) is 12.0. The third kappa shape index (κ3) is 7.14. The molecule has 0 radical (unpaired) electrons. The third-order valence-electron chi connectivity index (χ3n) is 6.51. The molecule has 0 unspecified atom stereocenters. The molecule has 1 aliphatic carbocycles. The zero-order valence-electron chi connectivity index (χ0n) is 20.8. The van der Waals surface area contributed by atoms with E-state index in [4.69, 9.17) is 23.2 Å². The van der Waals surface area contributed by atoms with Crippen molar-refractivity contribution in [2.75, 3.05) is 17.1 Å². The van der Waals surface area contributed by atoms with Gasteiger partial charge in [-0.2, -0.15) is 0 Å². The predicted molar refractivity (Wildman–Crippen MR) is 145 cm³/mol. The molecule has 1 saturated carbocycles. The lowest BCUT2D eigenvalue weighted by atomic mass is 10.1. The van der Waals surface area contributed by atoms with Gasteiger partial charge in [0, 0.05) is 22.6 Å². The Labute approximate surface area is 223 Å². The Morgan fingerprint density at radius 2 is 1.78 bits per heavy atom. The van der Waals surface area contributed by atoms with Gasteiger partial charge in [0.15, 0.2) is 0 Å². The smallest absolute Gasteiger partial charge is 0.244 e. The van der Waals surface area contributed by atoms with E-state index >= 15 is 0 Å². The fraction of sp³-hybridized carbons (Fsp3) is 0.462. The number of hydrogen-bond donors (Lipinski definition) is 1. The van der Waals surface area contributed by atoms with Crippen molar-refractivity contribution in [3.63, 3.8) is 0 Å². The summed E-state index contributed by atoms with van der Waals surface area (Å²) in [6.07, 6.45) is 5.37. The van der Waals surface area contributed by atoms with Gasteiger partial charge in [-0.25, -0.2) is 8.42 Å². The molecule has 1 atom stereocenters. The van der Waals surface area contributed by atoms with E-state index in [2.05, 4.69) is 5.32 Å². The minimum absolute atomic E-state index is 0.0385. The largest absolute Gasteiger partial charge is 0.352 e. The van der Waals surface area contributed by atoms with E-state index in [0.29, 0.717) is 33.3 Å². The third-order valence-corrected chi connectivity index (χ3v) is 8.22. The summed E-state index contributed by atoms with van der Waals surface area (Å²) in [6, 6.07) is 11.2. The van der Waals surface area contributed by atoms with E-state index in [1.165, 1.54) is 4.90 Å². The SMILES string of the molecule is CC[C@H](C(=O)NC1CCCC1)N(Cc1ccc(Cl)cc1Cl)C(=O)CN(c1ccccc1C)S(C)(=O)=O. The summed E-state index contributed by atoms with van der Waals surface area (Å²) in [7, 11) is -3.79. The number of amides is 2. The van der Waals surface area contributed by atoms with E-state index in [1.807, 2.05) is 6.92 Å². The zero-order valence-corrected chi connectivity index (χ0v) is 23.2. The van der Waals surface area contributed by atoms with Crippen molar-refractivity contribution < 1.29 is 18.0 Å². The van der Waals surface area contributed by atoms with Gasteiger partial charge in [-0.1, -0.05) is 67.2 Å². The molecular formula is C26H33Cl2N3O4S. The summed E-state index contributed by atoms with van der Waals surface area (Å²) in [5.41, 5.74) is 1.75. The Balaban J connectivity index is 1.96. The summed E-state index contributed by atoms with van der Waals surface area (Å²) in [4.78, 5) is 28.5. The normalized spacial score (nSPS) is 14.9. The summed E-state index contributed by atoms with van der Waals surface area (Å²) in [6.45, 7) is 3.21. The average Bonchev–Trinajstić information content (AvgIpc) is 3.31. The highest BCUT2D eigenvalue weighted by molar-refractivity contribution is 7.92. The summed E-state index contributed by atoms with van der Waals surface area (Å²) in [5, 5.41) is 3.90. The number of aryl methyl sites for hydroxylation is 1. The van der Waals surface area contributed by atoms with Gasteiger partial charge in [-0.05, 0) is 55.5 Å². The number of sulfonamides is 1. The van der Waals surface area contributed by atoms with Gasteiger partial charge < -0.3 is 10.2 Å². The van der Waals surface area contributed by atoms with Crippen molar-refractivity contribution in [1.29, 1.82) is 0 Å². The predicted octanol–water partition coefficient (Wildman–Crippen LogP) is 4.93. The molecule has 2 amide bonds. The first kappa shape index (κ1) is 28.3. The van der Waals surface area contributed by atoms with E-state index in [0.717, 1.165) is 36.2 Å². The number of carbonyl (C=O) groups is 2.